The molecule has 118 valence electrons. The molecule has 0 fully saturated rings. The largest absolute Gasteiger partial charge is 0.488 e. The fourth-order valence-electron chi connectivity index (χ4n) is 2.31. The van der Waals surface area contributed by atoms with Crippen molar-refractivity contribution in [3.63, 3.8) is 0 Å². The summed E-state index contributed by atoms with van der Waals surface area (Å²) in [5.41, 5.74) is 3.88. The monoisotopic (exact) mass is 382 g/mol. The Hall–Kier alpha value is -1.33. The highest BCUT2D eigenvalue weighted by Crippen LogP contribution is 2.26. The van der Waals surface area contributed by atoms with Crippen molar-refractivity contribution in [2.45, 2.75) is 26.2 Å². The van der Waals surface area contributed by atoms with E-state index < -0.39 is 9.84 Å². The van der Waals surface area contributed by atoms with Gasteiger partial charge in [0.25, 0.3) is 0 Å². The van der Waals surface area contributed by atoms with Crippen LogP contribution in [0.15, 0.2) is 40.9 Å². The van der Waals surface area contributed by atoms with Crippen LogP contribution in [0, 0.1) is 13.8 Å². The number of ether oxygens (including phenoxy) is 1. The van der Waals surface area contributed by atoms with Gasteiger partial charge in [0.1, 0.15) is 12.4 Å². The minimum absolute atomic E-state index is 0.0384. The zero-order chi connectivity index (χ0) is 16.3. The second-order valence-corrected chi connectivity index (χ2v) is 8.50. The van der Waals surface area contributed by atoms with Crippen LogP contribution in [0.25, 0.3) is 0 Å². The van der Waals surface area contributed by atoms with Crippen LogP contribution in [0.4, 0.5) is 0 Å². The standard InChI is InChI=1S/C17H19BrO3S/c1-12-5-4-6-13(2)17(12)21-10-15-9-14(7-8-16(15)18)11-22(3,19)20/h4-9H,10-11H2,1-3H3. The van der Waals surface area contributed by atoms with Gasteiger partial charge >= 0.3 is 0 Å². The molecule has 0 saturated carbocycles. The molecule has 0 spiro atoms. The number of sulfone groups is 1. The third kappa shape index (κ3) is 4.58. The molecule has 0 N–H and O–H groups in total. The van der Waals surface area contributed by atoms with Crippen LogP contribution in [0.2, 0.25) is 0 Å². The molecule has 0 saturated heterocycles. The predicted molar refractivity (Wildman–Crippen MR) is 92.9 cm³/mol. The van der Waals surface area contributed by atoms with Crippen molar-refractivity contribution in [1.82, 2.24) is 0 Å². The van der Waals surface area contributed by atoms with E-state index >= 15 is 0 Å². The molecular weight excluding hydrogens is 364 g/mol. The first-order valence-corrected chi connectivity index (χ1v) is 9.75. The molecule has 0 radical (unpaired) electrons. The molecule has 2 rings (SSSR count). The van der Waals surface area contributed by atoms with E-state index in [2.05, 4.69) is 15.9 Å². The molecule has 22 heavy (non-hydrogen) atoms. The van der Waals surface area contributed by atoms with Crippen molar-refractivity contribution in [2.75, 3.05) is 6.26 Å². The summed E-state index contributed by atoms with van der Waals surface area (Å²) in [6, 6.07) is 11.6. The van der Waals surface area contributed by atoms with Crippen molar-refractivity contribution >= 4 is 25.8 Å². The summed E-state index contributed by atoms with van der Waals surface area (Å²) in [6.45, 7) is 4.42. The first kappa shape index (κ1) is 17.0. The normalized spacial score (nSPS) is 11.5. The summed E-state index contributed by atoms with van der Waals surface area (Å²) >= 11 is 3.49. The summed E-state index contributed by atoms with van der Waals surface area (Å²) < 4.78 is 29.7. The summed E-state index contributed by atoms with van der Waals surface area (Å²) in [5.74, 6) is 0.916. The lowest BCUT2D eigenvalue weighted by Crippen LogP contribution is -2.04. The first-order chi connectivity index (χ1) is 10.3. The zero-order valence-corrected chi connectivity index (χ0v) is 15.3. The highest BCUT2D eigenvalue weighted by atomic mass is 79.9. The van der Waals surface area contributed by atoms with Crippen molar-refractivity contribution in [3.05, 3.63) is 63.1 Å². The van der Waals surface area contributed by atoms with Gasteiger partial charge in [0.2, 0.25) is 0 Å². The topological polar surface area (TPSA) is 43.4 Å². The maximum atomic E-state index is 11.4. The van der Waals surface area contributed by atoms with Gasteiger partial charge in [-0.25, -0.2) is 8.42 Å². The molecule has 2 aromatic carbocycles. The average molecular weight is 383 g/mol. The van der Waals surface area contributed by atoms with Gasteiger partial charge in [-0.2, -0.15) is 0 Å². The number of hydrogen-bond acceptors (Lipinski definition) is 3. The Labute approximate surface area is 140 Å². The van der Waals surface area contributed by atoms with Gasteiger partial charge in [-0.15, -0.1) is 0 Å². The molecule has 0 aliphatic carbocycles. The van der Waals surface area contributed by atoms with Gasteiger partial charge in [0, 0.05) is 16.3 Å². The minimum atomic E-state index is -3.04. The summed E-state index contributed by atoms with van der Waals surface area (Å²) in [4.78, 5) is 0. The smallest absolute Gasteiger partial charge is 0.151 e. The number of aryl methyl sites for hydroxylation is 2. The van der Waals surface area contributed by atoms with Crippen LogP contribution in [0.5, 0.6) is 5.75 Å². The fraction of sp³-hybridized carbons (Fsp3) is 0.294. The molecule has 5 heteroatoms. The molecule has 0 unspecified atom stereocenters. The average Bonchev–Trinajstić information content (AvgIpc) is 2.40. The Morgan fingerprint density at radius 1 is 1.09 bits per heavy atom. The molecule has 0 heterocycles. The maximum Gasteiger partial charge on any atom is 0.151 e. The number of benzene rings is 2. The van der Waals surface area contributed by atoms with Crippen molar-refractivity contribution in [1.29, 1.82) is 0 Å². The highest BCUT2D eigenvalue weighted by Gasteiger charge is 2.09. The number of rotatable bonds is 5. The van der Waals surface area contributed by atoms with E-state index in [4.69, 9.17) is 4.74 Å². The van der Waals surface area contributed by atoms with Gasteiger partial charge < -0.3 is 4.74 Å². The van der Waals surface area contributed by atoms with Crippen molar-refractivity contribution in [3.8, 4) is 5.75 Å². The number of hydrogen-bond donors (Lipinski definition) is 0. The Balaban J connectivity index is 2.21. The van der Waals surface area contributed by atoms with E-state index in [1.54, 1.807) is 0 Å². The highest BCUT2D eigenvalue weighted by molar-refractivity contribution is 9.10. The predicted octanol–water partition coefficient (Wildman–Crippen LogP) is 4.19. The van der Waals surface area contributed by atoms with Gasteiger partial charge in [-0.1, -0.05) is 46.3 Å². The molecule has 0 atom stereocenters. The molecular formula is C17H19BrO3S. The summed E-state index contributed by atoms with van der Waals surface area (Å²) in [7, 11) is -3.04. The third-order valence-corrected chi connectivity index (χ3v) is 4.95. The lowest BCUT2D eigenvalue weighted by Gasteiger charge is -2.13. The van der Waals surface area contributed by atoms with Crippen LogP contribution in [0.3, 0.4) is 0 Å². The lowest BCUT2D eigenvalue weighted by atomic mass is 10.1. The third-order valence-electron chi connectivity index (χ3n) is 3.32. The molecule has 0 aliphatic heterocycles. The Morgan fingerprint density at radius 3 is 2.32 bits per heavy atom. The molecule has 2 aromatic rings. The van der Waals surface area contributed by atoms with E-state index in [-0.39, 0.29) is 5.75 Å². The van der Waals surface area contributed by atoms with E-state index in [0.29, 0.717) is 6.61 Å². The summed E-state index contributed by atoms with van der Waals surface area (Å²) in [5, 5.41) is 0. The minimum Gasteiger partial charge on any atom is -0.488 e. The van der Waals surface area contributed by atoms with Crippen LogP contribution in [0.1, 0.15) is 22.3 Å². The lowest BCUT2D eigenvalue weighted by molar-refractivity contribution is 0.301. The van der Waals surface area contributed by atoms with E-state index in [9.17, 15) is 8.42 Å². The second-order valence-electron chi connectivity index (χ2n) is 5.51. The van der Waals surface area contributed by atoms with Crippen molar-refractivity contribution in [2.24, 2.45) is 0 Å². The molecule has 0 amide bonds. The number of halogens is 1. The van der Waals surface area contributed by atoms with Crippen LogP contribution < -0.4 is 4.74 Å². The van der Waals surface area contributed by atoms with Crippen LogP contribution in [-0.4, -0.2) is 14.7 Å². The fourth-order valence-corrected chi connectivity index (χ4v) is 3.45. The van der Waals surface area contributed by atoms with Gasteiger partial charge in [-0.3, -0.25) is 0 Å². The van der Waals surface area contributed by atoms with Gasteiger partial charge in [0.05, 0.1) is 5.75 Å². The van der Waals surface area contributed by atoms with E-state index in [1.165, 1.54) is 6.26 Å². The Bertz CT molecular complexity index is 762. The SMILES string of the molecule is Cc1cccc(C)c1OCc1cc(CS(C)(=O)=O)ccc1Br. The Kier molecular flexibility index (Phi) is 5.29. The Morgan fingerprint density at radius 2 is 1.73 bits per heavy atom. The first-order valence-electron chi connectivity index (χ1n) is 6.90. The van der Waals surface area contributed by atoms with Gasteiger partial charge in [0.15, 0.2) is 9.84 Å². The van der Waals surface area contributed by atoms with E-state index in [0.717, 1.165) is 32.5 Å². The second kappa shape index (κ2) is 6.84. The van der Waals surface area contributed by atoms with Gasteiger partial charge in [-0.05, 0) is 36.6 Å². The van der Waals surface area contributed by atoms with E-state index in [1.807, 2.05) is 50.2 Å². The quantitative estimate of drug-likeness (QED) is 0.778. The molecule has 3 nitrogen and oxygen atoms in total. The molecule has 0 aliphatic rings. The molecule has 0 aromatic heterocycles. The van der Waals surface area contributed by atoms with Crippen molar-refractivity contribution < 1.29 is 13.2 Å². The van der Waals surface area contributed by atoms with Crippen LogP contribution >= 0.6 is 15.9 Å². The maximum absolute atomic E-state index is 11.4. The van der Waals surface area contributed by atoms with Crippen LogP contribution in [-0.2, 0) is 22.2 Å². The zero-order valence-electron chi connectivity index (χ0n) is 12.9. The number of para-hydroxylation sites is 1. The molecule has 0 bridgehead atoms. The summed E-state index contributed by atoms with van der Waals surface area (Å²) in [6.07, 6.45) is 1.24.